The molecule has 0 amide bonds. The van der Waals surface area contributed by atoms with Crippen LogP contribution in [0.4, 0.5) is 0 Å². The lowest BCUT2D eigenvalue weighted by atomic mass is 10.0. The van der Waals surface area contributed by atoms with E-state index in [0.29, 0.717) is 30.2 Å². The summed E-state index contributed by atoms with van der Waals surface area (Å²) in [6.07, 6.45) is 1.73. The largest absolute Gasteiger partial charge is 0.507 e. The molecule has 4 rings (SSSR count). The highest BCUT2D eigenvalue weighted by atomic mass is 16.5. The average Bonchev–Trinajstić information content (AvgIpc) is 3.08. The van der Waals surface area contributed by atoms with Crippen molar-refractivity contribution >= 4 is 11.9 Å². The number of carbonyl (C=O) groups excluding carboxylic acids is 1. The number of hydrogen-bond acceptors (Lipinski definition) is 4. The summed E-state index contributed by atoms with van der Waals surface area (Å²) in [6.45, 7) is 10.8. The van der Waals surface area contributed by atoms with Crippen LogP contribution in [-0.4, -0.2) is 50.2 Å². The Kier molecular flexibility index (Phi) is 6.06. The third-order valence-corrected chi connectivity index (χ3v) is 6.01. The maximum atomic E-state index is 13.0. The zero-order valence-corrected chi connectivity index (χ0v) is 17.7. The Morgan fingerprint density at radius 3 is 2.53 bits per heavy atom. The van der Waals surface area contributed by atoms with E-state index in [4.69, 9.17) is 9.47 Å². The topological polar surface area (TPSA) is 64.6 Å². The van der Waals surface area contributed by atoms with Gasteiger partial charge in [0.25, 0.3) is 0 Å². The number of benzene rings is 2. The molecular weight excluding hydrogens is 380 g/mol. The molecule has 2 aliphatic heterocycles. The van der Waals surface area contributed by atoms with Crippen LogP contribution in [0.5, 0.6) is 17.2 Å². The van der Waals surface area contributed by atoms with Gasteiger partial charge in [0.1, 0.15) is 44.2 Å². The van der Waals surface area contributed by atoms with E-state index in [1.807, 2.05) is 31.2 Å². The predicted molar refractivity (Wildman–Crippen MR) is 114 cm³/mol. The van der Waals surface area contributed by atoms with Gasteiger partial charge in [-0.1, -0.05) is 18.2 Å². The van der Waals surface area contributed by atoms with Crippen LogP contribution >= 0.6 is 0 Å². The van der Waals surface area contributed by atoms with Crippen molar-refractivity contribution in [3.63, 3.8) is 0 Å². The number of Topliss-reactive ketones (excluding diaryl/α,β-unsaturated/α-hetero) is 1. The Labute approximate surface area is 177 Å². The van der Waals surface area contributed by atoms with E-state index in [1.54, 1.807) is 23.1 Å². The zero-order chi connectivity index (χ0) is 21.1. The molecule has 0 aromatic heterocycles. The second-order valence-electron chi connectivity index (χ2n) is 7.88. The van der Waals surface area contributed by atoms with Gasteiger partial charge in [0.15, 0.2) is 11.5 Å². The molecule has 0 saturated carbocycles. The van der Waals surface area contributed by atoms with Crippen molar-refractivity contribution in [1.29, 1.82) is 0 Å². The van der Waals surface area contributed by atoms with E-state index < -0.39 is 0 Å². The first-order valence-electron chi connectivity index (χ1n) is 10.8. The molecule has 2 aliphatic rings. The molecule has 2 aromatic carbocycles. The summed E-state index contributed by atoms with van der Waals surface area (Å²) in [5, 5.41) is 10.5. The smallest absolute Gasteiger partial charge is 0.231 e. The van der Waals surface area contributed by atoms with Crippen LogP contribution in [0.25, 0.3) is 6.08 Å². The summed E-state index contributed by atoms with van der Waals surface area (Å²) in [4.78, 5) is 16.0. The number of ketones is 1. The number of nitrogens with one attached hydrogen (secondary N) is 2. The van der Waals surface area contributed by atoms with Gasteiger partial charge in [0.05, 0.1) is 24.3 Å². The van der Waals surface area contributed by atoms with Crippen LogP contribution in [-0.2, 0) is 6.54 Å². The summed E-state index contributed by atoms with van der Waals surface area (Å²) in [6, 6.07) is 10.8. The Morgan fingerprint density at radius 1 is 1.07 bits per heavy atom. The number of phenols is 1. The highest BCUT2D eigenvalue weighted by Crippen LogP contribution is 2.39. The minimum Gasteiger partial charge on any atom is -0.507 e. The molecule has 0 aliphatic carbocycles. The number of allylic oxidation sites excluding steroid dienone is 1. The number of phenolic OH excluding ortho intramolecular Hbond substituents is 1. The van der Waals surface area contributed by atoms with Crippen LogP contribution in [0.2, 0.25) is 0 Å². The minimum absolute atomic E-state index is 0.159. The standard InChI is InChI=1S/C24H28N2O4/c1-3-25-11-13-26(14-12-25)16-19-20(27)10-9-18-23(28)22(30-24(18)19)15-17-7-5-6-8-21(17)29-4-2/h5-10,15,27H,3-4,11-14,16H2,1-2H3/p+2/b22-15-. The molecule has 1 fully saturated rings. The van der Waals surface area contributed by atoms with Crippen LogP contribution in [0.3, 0.4) is 0 Å². The van der Waals surface area contributed by atoms with Gasteiger partial charge in [-0.15, -0.1) is 0 Å². The van der Waals surface area contributed by atoms with Crippen LogP contribution in [0.15, 0.2) is 42.2 Å². The summed E-state index contributed by atoms with van der Waals surface area (Å²) >= 11 is 0. The van der Waals surface area contributed by atoms with Gasteiger partial charge < -0.3 is 24.4 Å². The third kappa shape index (κ3) is 4.06. The average molecular weight is 411 g/mol. The van der Waals surface area contributed by atoms with Gasteiger partial charge in [-0.25, -0.2) is 0 Å². The van der Waals surface area contributed by atoms with Crippen molar-refractivity contribution in [2.75, 3.05) is 39.3 Å². The fourth-order valence-electron chi connectivity index (χ4n) is 4.23. The Morgan fingerprint density at radius 2 is 1.80 bits per heavy atom. The second-order valence-corrected chi connectivity index (χ2v) is 7.88. The summed E-state index contributed by atoms with van der Waals surface area (Å²) in [5.74, 6) is 1.50. The first-order chi connectivity index (χ1) is 14.6. The number of quaternary nitrogens is 2. The number of carbonyl (C=O) groups is 1. The number of piperazine rings is 1. The molecule has 1 saturated heterocycles. The number of hydrogen-bond donors (Lipinski definition) is 3. The van der Waals surface area contributed by atoms with E-state index in [1.165, 1.54) is 4.90 Å². The van der Waals surface area contributed by atoms with Crippen molar-refractivity contribution in [2.45, 2.75) is 20.4 Å². The lowest BCUT2D eigenvalue weighted by Crippen LogP contribution is -3.27. The first-order valence-corrected chi connectivity index (χ1v) is 10.8. The predicted octanol–water partition coefficient (Wildman–Crippen LogP) is 0.710. The van der Waals surface area contributed by atoms with Crippen LogP contribution in [0.1, 0.15) is 35.3 Å². The van der Waals surface area contributed by atoms with Crippen LogP contribution < -0.4 is 19.3 Å². The molecule has 6 nitrogen and oxygen atoms in total. The molecule has 158 valence electrons. The van der Waals surface area contributed by atoms with Gasteiger partial charge in [-0.05, 0) is 38.1 Å². The van der Waals surface area contributed by atoms with E-state index in [9.17, 15) is 9.90 Å². The number of likely N-dealkylation sites (N-methyl/N-ethyl adjacent to an activating group) is 1. The summed E-state index contributed by atoms with van der Waals surface area (Å²) in [7, 11) is 0. The van der Waals surface area contributed by atoms with Crippen molar-refractivity contribution in [3.05, 3.63) is 58.8 Å². The molecule has 30 heavy (non-hydrogen) atoms. The lowest BCUT2D eigenvalue weighted by molar-refractivity contribution is -1.02. The van der Waals surface area contributed by atoms with Crippen LogP contribution in [0, 0.1) is 0 Å². The first kappa shape index (κ1) is 20.4. The Bertz CT molecular complexity index is 962. The van der Waals surface area contributed by atoms with Gasteiger partial charge in [0.2, 0.25) is 5.78 Å². The number of aromatic hydroxyl groups is 1. The van der Waals surface area contributed by atoms with Gasteiger partial charge in [0, 0.05) is 5.56 Å². The fraction of sp³-hybridized carbons (Fsp3) is 0.375. The highest BCUT2D eigenvalue weighted by molar-refractivity contribution is 6.15. The van der Waals surface area contributed by atoms with Crippen molar-refractivity contribution in [1.82, 2.24) is 0 Å². The molecule has 3 N–H and O–H groups in total. The van der Waals surface area contributed by atoms with E-state index >= 15 is 0 Å². The number of fused-ring (bicyclic) bond motifs is 1. The molecule has 0 unspecified atom stereocenters. The van der Waals surface area contributed by atoms with Crippen molar-refractivity contribution < 1.29 is 29.2 Å². The number of ether oxygens (including phenoxy) is 2. The Balaban J connectivity index is 1.60. The van der Waals surface area contributed by atoms with E-state index in [-0.39, 0.29) is 17.3 Å². The maximum Gasteiger partial charge on any atom is 0.231 e. The molecule has 0 radical (unpaired) electrons. The number of rotatable bonds is 6. The van der Waals surface area contributed by atoms with Gasteiger partial charge in [-0.3, -0.25) is 4.79 Å². The molecule has 0 spiro atoms. The second kappa shape index (κ2) is 8.90. The normalized spacial score (nSPS) is 22.1. The maximum absolute atomic E-state index is 13.0. The minimum atomic E-state index is -0.159. The third-order valence-electron chi connectivity index (χ3n) is 6.01. The zero-order valence-electron chi connectivity index (χ0n) is 17.7. The summed E-state index contributed by atoms with van der Waals surface area (Å²) in [5.41, 5.74) is 2.03. The fourth-order valence-corrected chi connectivity index (χ4v) is 4.23. The molecule has 2 heterocycles. The van der Waals surface area contributed by atoms with E-state index in [0.717, 1.165) is 43.9 Å². The summed E-state index contributed by atoms with van der Waals surface area (Å²) < 4.78 is 11.7. The number of para-hydroxylation sites is 1. The van der Waals surface area contributed by atoms with Gasteiger partial charge in [-0.2, -0.15) is 0 Å². The highest BCUT2D eigenvalue weighted by Gasteiger charge is 2.33. The quantitative estimate of drug-likeness (QED) is 0.614. The Hall–Kier alpha value is -2.83. The lowest BCUT2D eigenvalue weighted by Gasteiger charge is -2.29. The van der Waals surface area contributed by atoms with Crippen molar-refractivity contribution in [3.8, 4) is 17.2 Å². The molecular formula is C24H30N2O4+2. The molecule has 2 aromatic rings. The molecule has 0 bridgehead atoms. The van der Waals surface area contributed by atoms with Gasteiger partial charge >= 0.3 is 0 Å². The molecule has 6 heteroatoms. The van der Waals surface area contributed by atoms with E-state index in [2.05, 4.69) is 6.92 Å². The SMILES string of the molecule is CCOc1ccccc1/C=C1\Oc2c(ccc(O)c2C[NH+]2CC[NH+](CC)CC2)C1=O. The monoisotopic (exact) mass is 410 g/mol. The molecule has 0 atom stereocenters. The van der Waals surface area contributed by atoms with Crippen molar-refractivity contribution in [2.24, 2.45) is 0 Å².